The van der Waals surface area contributed by atoms with Gasteiger partial charge in [0.1, 0.15) is 5.75 Å². The molecule has 0 aliphatic rings. The Bertz CT molecular complexity index is 663. The van der Waals surface area contributed by atoms with Crippen molar-refractivity contribution in [2.24, 2.45) is 0 Å². The molecule has 2 aromatic carbocycles. The minimum absolute atomic E-state index is 0.418. The highest BCUT2D eigenvalue weighted by Gasteiger charge is 2.31. The lowest BCUT2D eigenvalue weighted by Crippen LogP contribution is -2.49. The number of phenolic OH excluding ortho intramolecular Hbond substituents is 1. The fourth-order valence-electron chi connectivity index (χ4n) is 3.21. The van der Waals surface area contributed by atoms with Gasteiger partial charge in [0, 0.05) is 4.90 Å². The molecule has 3 heteroatoms. The maximum atomic E-state index is 10.0. The maximum absolute atomic E-state index is 10.0. The second-order valence-electron chi connectivity index (χ2n) is 6.43. The number of aryl methyl sites for hydroxylation is 1. The first-order valence-electron chi connectivity index (χ1n) is 8.43. The Kier molecular flexibility index (Phi) is 5.98. The lowest BCUT2D eigenvalue weighted by molar-refractivity contribution is 0.469. The average Bonchev–Trinajstić information content (AvgIpc) is 2.57. The fourth-order valence-corrected chi connectivity index (χ4v) is 10.1. The van der Waals surface area contributed by atoms with Crippen molar-refractivity contribution in [1.29, 1.82) is 0 Å². The Morgan fingerprint density at radius 1 is 0.957 bits per heavy atom. The van der Waals surface area contributed by atoms with Crippen molar-refractivity contribution >= 4 is 25.0 Å². The molecule has 1 nitrogen and oxygen atoms in total. The summed E-state index contributed by atoms with van der Waals surface area (Å²) in [5, 5.41) is 12.8. The molecule has 0 spiro atoms. The van der Waals surface area contributed by atoms with E-state index in [-0.39, 0.29) is 0 Å². The van der Waals surface area contributed by atoms with Gasteiger partial charge in [0.25, 0.3) is 0 Å². The third-order valence-corrected chi connectivity index (χ3v) is 13.2. The molecule has 0 aliphatic carbocycles. The molecule has 0 atom stereocenters. The van der Waals surface area contributed by atoms with Gasteiger partial charge >= 0.3 is 0 Å². The largest absolute Gasteiger partial charge is 0.508 e. The highest BCUT2D eigenvalue weighted by atomic mass is 32.2. The second kappa shape index (κ2) is 7.58. The monoisotopic (exact) mass is 344 g/mol. The van der Waals surface area contributed by atoms with Crippen LogP contribution in [0.25, 0.3) is 0 Å². The molecule has 2 rings (SSSR count). The highest BCUT2D eigenvalue weighted by Crippen LogP contribution is 2.35. The van der Waals surface area contributed by atoms with Crippen LogP contribution in [-0.4, -0.2) is 18.6 Å². The van der Waals surface area contributed by atoms with E-state index < -0.39 is 8.07 Å². The average molecular weight is 345 g/mol. The number of hydrogen-bond acceptors (Lipinski definition) is 2. The van der Waals surface area contributed by atoms with E-state index in [0.717, 1.165) is 5.56 Å². The van der Waals surface area contributed by atoms with Crippen molar-refractivity contribution in [3.63, 3.8) is 0 Å². The van der Waals surface area contributed by atoms with Crippen LogP contribution >= 0.6 is 11.8 Å². The summed E-state index contributed by atoms with van der Waals surface area (Å²) in [5.74, 6) is 0.418. The predicted molar refractivity (Wildman–Crippen MR) is 106 cm³/mol. The van der Waals surface area contributed by atoms with Crippen molar-refractivity contribution in [2.75, 3.05) is 5.38 Å². The Morgan fingerprint density at radius 2 is 1.57 bits per heavy atom. The number of benzene rings is 2. The number of rotatable bonds is 6. The smallest absolute Gasteiger partial charge is 0.119 e. The van der Waals surface area contributed by atoms with Crippen molar-refractivity contribution in [1.82, 2.24) is 0 Å². The summed E-state index contributed by atoms with van der Waals surface area (Å²) in [5.41, 5.74) is 3.44. The number of aromatic hydroxyl groups is 1. The zero-order valence-electron chi connectivity index (χ0n) is 14.9. The standard InChI is InChI=1S/C20H28OSSi/c1-6-23(7-2,18-11-9-8-10-12-18)14-22-20-15(3)13-19(21)16(4)17(20)5/h8-13,21H,6-7,14H2,1-5H3. The van der Waals surface area contributed by atoms with Gasteiger partial charge in [0.15, 0.2) is 0 Å². The molecule has 23 heavy (non-hydrogen) atoms. The summed E-state index contributed by atoms with van der Waals surface area (Å²) >= 11 is 2.00. The van der Waals surface area contributed by atoms with E-state index >= 15 is 0 Å². The van der Waals surface area contributed by atoms with Gasteiger partial charge in [-0.05, 0) is 48.9 Å². The molecular formula is C20H28OSSi. The van der Waals surface area contributed by atoms with Gasteiger partial charge in [0.05, 0.1) is 8.07 Å². The summed E-state index contributed by atoms with van der Waals surface area (Å²) in [4.78, 5) is 1.36. The zero-order valence-corrected chi connectivity index (χ0v) is 16.8. The van der Waals surface area contributed by atoms with Gasteiger partial charge in [-0.3, -0.25) is 0 Å². The van der Waals surface area contributed by atoms with Crippen LogP contribution in [0.5, 0.6) is 5.75 Å². The quantitative estimate of drug-likeness (QED) is 0.563. The van der Waals surface area contributed by atoms with Crippen LogP contribution in [0.3, 0.4) is 0 Å². The molecule has 0 heterocycles. The highest BCUT2D eigenvalue weighted by molar-refractivity contribution is 8.01. The topological polar surface area (TPSA) is 20.2 Å². The number of thioether (sulfide) groups is 1. The van der Waals surface area contributed by atoms with Crippen molar-refractivity contribution in [3.8, 4) is 5.75 Å². The van der Waals surface area contributed by atoms with Crippen molar-refractivity contribution < 1.29 is 5.11 Å². The zero-order chi connectivity index (χ0) is 17.0. The van der Waals surface area contributed by atoms with Gasteiger partial charge in [-0.15, -0.1) is 11.8 Å². The molecule has 0 amide bonds. The van der Waals surface area contributed by atoms with E-state index in [1.165, 1.54) is 33.5 Å². The van der Waals surface area contributed by atoms with Gasteiger partial charge < -0.3 is 5.11 Å². The van der Waals surface area contributed by atoms with Crippen LogP contribution in [0.1, 0.15) is 30.5 Å². The molecule has 1 N–H and O–H groups in total. The van der Waals surface area contributed by atoms with Gasteiger partial charge in [-0.1, -0.05) is 61.5 Å². The number of phenols is 1. The van der Waals surface area contributed by atoms with E-state index in [1.807, 2.05) is 24.8 Å². The van der Waals surface area contributed by atoms with Gasteiger partial charge in [-0.25, -0.2) is 0 Å². The van der Waals surface area contributed by atoms with Crippen LogP contribution < -0.4 is 5.19 Å². The Labute approximate surface area is 146 Å². The summed E-state index contributed by atoms with van der Waals surface area (Å²) in [7, 11) is -1.48. The SMILES string of the molecule is CC[Si](CC)(CSc1c(C)cc(O)c(C)c1C)c1ccccc1. The first kappa shape index (κ1) is 18.1. The molecule has 0 radical (unpaired) electrons. The summed E-state index contributed by atoms with van der Waals surface area (Å²) in [6.45, 7) is 11.0. The first-order chi connectivity index (χ1) is 10.9. The molecule has 124 valence electrons. The third-order valence-electron chi connectivity index (χ3n) is 5.23. The van der Waals surface area contributed by atoms with Gasteiger partial charge in [0.2, 0.25) is 0 Å². The summed E-state index contributed by atoms with van der Waals surface area (Å²) < 4.78 is 0. The minimum Gasteiger partial charge on any atom is -0.508 e. The summed E-state index contributed by atoms with van der Waals surface area (Å²) in [6, 6.07) is 15.6. The Morgan fingerprint density at radius 3 is 2.13 bits per heavy atom. The lowest BCUT2D eigenvalue weighted by atomic mass is 10.1. The normalized spacial score (nSPS) is 11.7. The van der Waals surface area contributed by atoms with Crippen molar-refractivity contribution in [2.45, 2.75) is 51.6 Å². The molecule has 0 bridgehead atoms. The van der Waals surface area contributed by atoms with Crippen molar-refractivity contribution in [3.05, 3.63) is 53.1 Å². The molecule has 0 fully saturated rings. The minimum atomic E-state index is -1.48. The molecule has 0 saturated carbocycles. The van der Waals surface area contributed by atoms with E-state index in [4.69, 9.17) is 0 Å². The van der Waals surface area contributed by atoms with Crippen LogP contribution in [-0.2, 0) is 0 Å². The first-order valence-corrected chi connectivity index (χ1v) is 12.0. The lowest BCUT2D eigenvalue weighted by Gasteiger charge is -2.30. The maximum Gasteiger partial charge on any atom is 0.119 e. The Balaban J connectivity index is 2.32. The second-order valence-corrected chi connectivity index (χ2v) is 12.8. The van der Waals surface area contributed by atoms with Crippen LogP contribution in [0.4, 0.5) is 0 Å². The van der Waals surface area contributed by atoms with Crippen LogP contribution in [0.2, 0.25) is 12.1 Å². The van der Waals surface area contributed by atoms with E-state index in [0.29, 0.717) is 5.75 Å². The predicted octanol–water partition coefficient (Wildman–Crippen LogP) is 5.34. The molecule has 2 aromatic rings. The third kappa shape index (κ3) is 3.67. The van der Waals surface area contributed by atoms with E-state index in [1.54, 1.807) is 5.19 Å². The van der Waals surface area contributed by atoms with E-state index in [9.17, 15) is 5.11 Å². The van der Waals surface area contributed by atoms with Crippen LogP contribution in [0, 0.1) is 20.8 Å². The van der Waals surface area contributed by atoms with Gasteiger partial charge in [-0.2, -0.15) is 0 Å². The fraction of sp³-hybridized carbons (Fsp3) is 0.400. The molecule has 0 aliphatic heterocycles. The number of hydrogen-bond donors (Lipinski definition) is 1. The summed E-state index contributed by atoms with van der Waals surface area (Å²) in [6.07, 6.45) is 0. The molecular weight excluding hydrogens is 316 g/mol. The molecule has 0 unspecified atom stereocenters. The Hall–Kier alpha value is -1.19. The molecule has 0 aromatic heterocycles. The van der Waals surface area contributed by atoms with Crippen LogP contribution in [0.15, 0.2) is 41.3 Å². The molecule has 0 saturated heterocycles. The van der Waals surface area contributed by atoms with E-state index in [2.05, 4.69) is 58.0 Å².